The summed E-state index contributed by atoms with van der Waals surface area (Å²) in [4.78, 5) is 13.4. The number of hydrogen-bond acceptors (Lipinski definition) is 4. The number of rotatable bonds is 1. The van der Waals surface area contributed by atoms with Crippen molar-refractivity contribution in [3.05, 3.63) is 45.2 Å². The first-order valence-corrected chi connectivity index (χ1v) is 6.03. The summed E-state index contributed by atoms with van der Waals surface area (Å²) in [7, 11) is 1.71. The van der Waals surface area contributed by atoms with Crippen LogP contribution in [0.25, 0.3) is 22.4 Å². The van der Waals surface area contributed by atoms with Crippen molar-refractivity contribution in [2.45, 2.75) is 0 Å². The smallest absolute Gasteiger partial charge is 0.193 e. The summed E-state index contributed by atoms with van der Waals surface area (Å²) in [6.07, 6.45) is 1.56. The highest BCUT2D eigenvalue weighted by atomic mass is 79.9. The molecule has 0 unspecified atom stereocenters. The molecule has 1 aromatic carbocycles. The van der Waals surface area contributed by atoms with E-state index in [0.717, 1.165) is 4.47 Å². The van der Waals surface area contributed by atoms with Gasteiger partial charge in [-0.2, -0.15) is 15.0 Å². The minimum atomic E-state index is -0.0989. The Kier molecular flexibility index (Phi) is 2.52. The van der Waals surface area contributed by atoms with Crippen molar-refractivity contribution >= 4 is 26.9 Å². The highest BCUT2D eigenvalue weighted by Crippen LogP contribution is 2.22. The first-order valence-electron chi connectivity index (χ1n) is 5.23. The van der Waals surface area contributed by atoms with Gasteiger partial charge in [-0.05, 0) is 18.2 Å². The Hall–Kier alpha value is -1.95. The number of fused-ring (bicyclic) bond motifs is 1. The van der Waals surface area contributed by atoms with E-state index in [2.05, 4.69) is 26.1 Å². The van der Waals surface area contributed by atoms with Gasteiger partial charge in [0.15, 0.2) is 11.2 Å². The number of nitrogens with zero attached hydrogens (tertiary/aromatic N) is 3. The van der Waals surface area contributed by atoms with Crippen LogP contribution >= 0.6 is 15.9 Å². The SMILES string of the molecule is Cn1ncc(-c2cc(=O)c3cc(Br)ccc3o2)n1. The molecule has 0 N–H and O–H groups in total. The molecule has 0 atom stereocenters. The average molecular weight is 306 g/mol. The van der Waals surface area contributed by atoms with Crippen LogP contribution in [-0.4, -0.2) is 15.0 Å². The fraction of sp³-hybridized carbons (Fsp3) is 0.0833. The molecule has 0 saturated carbocycles. The predicted molar refractivity (Wildman–Crippen MR) is 70.2 cm³/mol. The zero-order valence-electron chi connectivity index (χ0n) is 9.42. The second-order valence-electron chi connectivity index (χ2n) is 3.83. The van der Waals surface area contributed by atoms with Crippen molar-refractivity contribution < 1.29 is 4.42 Å². The minimum Gasteiger partial charge on any atom is -0.454 e. The molecule has 3 aromatic rings. The summed E-state index contributed by atoms with van der Waals surface area (Å²) in [6.45, 7) is 0. The van der Waals surface area contributed by atoms with Gasteiger partial charge in [0.05, 0.1) is 11.6 Å². The lowest BCUT2D eigenvalue weighted by atomic mass is 10.2. The Morgan fingerprint density at radius 1 is 1.33 bits per heavy atom. The monoisotopic (exact) mass is 305 g/mol. The van der Waals surface area contributed by atoms with E-state index in [1.807, 2.05) is 6.07 Å². The summed E-state index contributed by atoms with van der Waals surface area (Å²) in [6, 6.07) is 6.74. The third-order valence-corrected chi connectivity index (χ3v) is 3.03. The Morgan fingerprint density at radius 3 is 2.89 bits per heavy atom. The van der Waals surface area contributed by atoms with Gasteiger partial charge >= 0.3 is 0 Å². The van der Waals surface area contributed by atoms with E-state index < -0.39 is 0 Å². The maximum absolute atomic E-state index is 12.0. The Labute approximate surface area is 110 Å². The lowest BCUT2D eigenvalue weighted by Crippen LogP contribution is -2.00. The molecule has 0 radical (unpaired) electrons. The molecule has 0 spiro atoms. The average Bonchev–Trinajstić information content (AvgIpc) is 2.77. The van der Waals surface area contributed by atoms with E-state index in [-0.39, 0.29) is 5.43 Å². The fourth-order valence-corrected chi connectivity index (χ4v) is 2.07. The second-order valence-corrected chi connectivity index (χ2v) is 4.75. The lowest BCUT2D eigenvalue weighted by Gasteiger charge is -2.00. The molecule has 18 heavy (non-hydrogen) atoms. The van der Waals surface area contributed by atoms with Gasteiger partial charge < -0.3 is 4.42 Å². The van der Waals surface area contributed by atoms with Crippen LogP contribution in [0.2, 0.25) is 0 Å². The zero-order chi connectivity index (χ0) is 12.7. The molecule has 0 aliphatic rings. The number of aromatic nitrogens is 3. The molecule has 2 heterocycles. The van der Waals surface area contributed by atoms with Crippen LogP contribution in [0.5, 0.6) is 0 Å². The number of halogens is 1. The largest absolute Gasteiger partial charge is 0.454 e. The summed E-state index contributed by atoms with van der Waals surface area (Å²) in [5.74, 6) is 0.419. The van der Waals surface area contributed by atoms with Gasteiger partial charge in [0, 0.05) is 17.6 Å². The van der Waals surface area contributed by atoms with E-state index >= 15 is 0 Å². The number of hydrogen-bond donors (Lipinski definition) is 0. The van der Waals surface area contributed by atoms with Gasteiger partial charge in [0.2, 0.25) is 0 Å². The van der Waals surface area contributed by atoms with Crippen molar-refractivity contribution in [1.29, 1.82) is 0 Å². The van der Waals surface area contributed by atoms with Crippen LogP contribution in [0.4, 0.5) is 0 Å². The topological polar surface area (TPSA) is 60.9 Å². The van der Waals surface area contributed by atoms with E-state index in [1.54, 1.807) is 25.4 Å². The second kappa shape index (κ2) is 4.06. The summed E-state index contributed by atoms with van der Waals surface area (Å²) < 4.78 is 6.50. The van der Waals surface area contributed by atoms with E-state index in [0.29, 0.717) is 22.4 Å². The van der Waals surface area contributed by atoms with Gasteiger partial charge in [0.25, 0.3) is 0 Å². The molecule has 6 heteroatoms. The summed E-state index contributed by atoms with van der Waals surface area (Å²) >= 11 is 3.33. The highest BCUT2D eigenvalue weighted by Gasteiger charge is 2.09. The molecule has 5 nitrogen and oxygen atoms in total. The van der Waals surface area contributed by atoms with Gasteiger partial charge in [-0.3, -0.25) is 4.79 Å². The number of benzene rings is 1. The van der Waals surface area contributed by atoms with Crippen molar-refractivity contribution in [2.24, 2.45) is 7.05 Å². The van der Waals surface area contributed by atoms with Gasteiger partial charge in [-0.1, -0.05) is 15.9 Å². The van der Waals surface area contributed by atoms with Crippen LogP contribution in [0.1, 0.15) is 0 Å². The predicted octanol–water partition coefficient (Wildman–Crippen LogP) is 2.35. The third-order valence-electron chi connectivity index (χ3n) is 2.54. The van der Waals surface area contributed by atoms with Crippen molar-refractivity contribution in [2.75, 3.05) is 0 Å². The molecule has 0 fully saturated rings. The fourth-order valence-electron chi connectivity index (χ4n) is 1.71. The van der Waals surface area contributed by atoms with Gasteiger partial charge in [0.1, 0.15) is 11.3 Å². The Balaban J connectivity index is 2.28. The third kappa shape index (κ3) is 1.84. The lowest BCUT2D eigenvalue weighted by molar-refractivity contribution is 0.608. The maximum Gasteiger partial charge on any atom is 0.193 e. The molecule has 0 bridgehead atoms. The molecule has 2 aromatic heterocycles. The van der Waals surface area contributed by atoms with Crippen LogP contribution in [0.15, 0.2) is 44.1 Å². The van der Waals surface area contributed by atoms with E-state index in [1.165, 1.54) is 10.9 Å². The first kappa shape index (κ1) is 11.2. The van der Waals surface area contributed by atoms with Gasteiger partial charge in [-0.15, -0.1) is 0 Å². The van der Waals surface area contributed by atoms with Crippen LogP contribution in [-0.2, 0) is 7.05 Å². The Bertz CT molecular complexity index is 791. The Morgan fingerprint density at radius 2 is 2.17 bits per heavy atom. The van der Waals surface area contributed by atoms with E-state index in [9.17, 15) is 4.79 Å². The van der Waals surface area contributed by atoms with E-state index in [4.69, 9.17) is 4.42 Å². The molecule has 0 saturated heterocycles. The van der Waals surface area contributed by atoms with Crippen molar-refractivity contribution in [3.63, 3.8) is 0 Å². The molecule has 0 aliphatic heterocycles. The van der Waals surface area contributed by atoms with Crippen LogP contribution in [0, 0.1) is 0 Å². The van der Waals surface area contributed by atoms with Crippen LogP contribution < -0.4 is 5.43 Å². The van der Waals surface area contributed by atoms with Crippen molar-refractivity contribution in [1.82, 2.24) is 15.0 Å². The summed E-state index contributed by atoms with van der Waals surface area (Å²) in [5.41, 5.74) is 0.976. The maximum atomic E-state index is 12.0. The highest BCUT2D eigenvalue weighted by molar-refractivity contribution is 9.10. The molecule has 3 rings (SSSR count). The standard InChI is InChI=1S/C12H8BrN3O2/c1-16-14-6-9(15-16)12-5-10(17)8-4-7(13)2-3-11(8)18-12/h2-6H,1H3. The molecule has 90 valence electrons. The van der Waals surface area contributed by atoms with Gasteiger partial charge in [-0.25, -0.2) is 0 Å². The molecular weight excluding hydrogens is 298 g/mol. The van der Waals surface area contributed by atoms with Crippen LogP contribution in [0.3, 0.4) is 0 Å². The summed E-state index contributed by atoms with van der Waals surface area (Å²) in [5, 5.41) is 8.60. The molecule has 0 aliphatic carbocycles. The molecule has 0 amide bonds. The molecular formula is C12H8BrN3O2. The number of aryl methyl sites for hydroxylation is 1. The quantitative estimate of drug-likeness (QED) is 0.692. The first-order chi connectivity index (χ1) is 8.63. The minimum absolute atomic E-state index is 0.0989. The zero-order valence-corrected chi connectivity index (χ0v) is 11.0. The van der Waals surface area contributed by atoms with Crippen molar-refractivity contribution in [3.8, 4) is 11.5 Å². The normalized spacial score (nSPS) is 11.0.